The van der Waals surface area contributed by atoms with E-state index in [1.807, 2.05) is 68.4 Å². The maximum Gasteiger partial charge on any atom is 0.232 e. The zero-order valence-electron chi connectivity index (χ0n) is 23.4. The van der Waals surface area contributed by atoms with Crippen LogP contribution in [0.4, 0.5) is 17.1 Å². The highest BCUT2D eigenvalue weighted by Crippen LogP contribution is 2.46. The van der Waals surface area contributed by atoms with Crippen molar-refractivity contribution in [2.24, 2.45) is 0 Å². The highest BCUT2D eigenvalue weighted by atomic mass is 35.5. The minimum Gasteiger partial charge on any atom is -0.493 e. The fraction of sp³-hybridized carbons (Fsp3) is 0.355. The molecule has 3 aromatic rings. The fourth-order valence-electron chi connectivity index (χ4n) is 4.73. The topological polar surface area (TPSA) is 71.1 Å². The molecule has 3 aromatic carbocycles. The van der Waals surface area contributed by atoms with Gasteiger partial charge in [-0.25, -0.2) is 0 Å². The van der Waals surface area contributed by atoms with Crippen LogP contribution in [-0.4, -0.2) is 39.1 Å². The third-order valence-corrected chi connectivity index (χ3v) is 7.28. The van der Waals surface area contributed by atoms with Crippen molar-refractivity contribution in [1.29, 1.82) is 0 Å². The molecule has 206 valence electrons. The number of benzene rings is 3. The number of hydrogen-bond acceptors (Lipinski definition) is 5. The summed E-state index contributed by atoms with van der Waals surface area (Å²) in [6.07, 6.45) is 1.32. The van der Waals surface area contributed by atoms with E-state index in [4.69, 9.17) is 21.1 Å². The molecule has 0 spiro atoms. The van der Waals surface area contributed by atoms with Crippen LogP contribution in [0.3, 0.4) is 0 Å². The minimum atomic E-state index is -0.541. The van der Waals surface area contributed by atoms with Gasteiger partial charge < -0.3 is 24.6 Å². The van der Waals surface area contributed by atoms with Gasteiger partial charge in [-0.05, 0) is 73.0 Å². The molecule has 0 aromatic heterocycles. The standard InChI is InChI=1S/C31H36ClN3O4/c1-7-19(3)39-28-18-25-20(15-27(28)38-6)16-30(37)35(23-12-10-22(11-13-23)34(4)5)31(25)24-14-9-21(32)17-26(24)33-29(36)8-2/h9-15,17-19,31H,7-8,16H2,1-6H3,(H,33,36). The van der Waals surface area contributed by atoms with Gasteiger partial charge in [0.25, 0.3) is 0 Å². The molecule has 39 heavy (non-hydrogen) atoms. The number of halogens is 1. The number of nitrogens with zero attached hydrogens (tertiary/aromatic N) is 2. The van der Waals surface area contributed by atoms with Crippen LogP contribution in [-0.2, 0) is 16.0 Å². The van der Waals surface area contributed by atoms with Crippen molar-refractivity contribution in [3.63, 3.8) is 0 Å². The van der Waals surface area contributed by atoms with E-state index in [0.717, 1.165) is 34.5 Å². The number of carbonyl (C=O) groups excluding carboxylic acids is 2. The van der Waals surface area contributed by atoms with Crippen LogP contribution in [0.1, 0.15) is 56.3 Å². The van der Waals surface area contributed by atoms with Gasteiger partial charge in [0, 0.05) is 48.2 Å². The number of hydrogen-bond donors (Lipinski definition) is 1. The van der Waals surface area contributed by atoms with Crippen molar-refractivity contribution in [1.82, 2.24) is 0 Å². The summed E-state index contributed by atoms with van der Waals surface area (Å²) in [6.45, 7) is 5.87. The first-order chi connectivity index (χ1) is 18.7. The van der Waals surface area contributed by atoms with E-state index >= 15 is 0 Å². The molecule has 0 saturated heterocycles. The number of carbonyl (C=O) groups is 2. The number of methoxy groups -OCH3 is 1. The SMILES string of the molecule is CCC(=O)Nc1cc(Cl)ccc1C1c2cc(OC(C)CC)c(OC)cc2CC(=O)N1c1ccc(N(C)C)cc1. The summed E-state index contributed by atoms with van der Waals surface area (Å²) in [6, 6.07) is 16.6. The van der Waals surface area contributed by atoms with Crippen LogP contribution in [0.5, 0.6) is 11.5 Å². The Balaban J connectivity index is 1.96. The normalized spacial score (nSPS) is 15.4. The van der Waals surface area contributed by atoms with Gasteiger partial charge in [0.15, 0.2) is 11.5 Å². The number of ether oxygens (including phenoxy) is 2. The molecule has 2 amide bonds. The summed E-state index contributed by atoms with van der Waals surface area (Å²) < 4.78 is 11.9. The third kappa shape index (κ3) is 5.98. The van der Waals surface area contributed by atoms with Gasteiger partial charge in [-0.3, -0.25) is 9.59 Å². The van der Waals surface area contributed by atoms with Gasteiger partial charge in [0.2, 0.25) is 11.8 Å². The lowest BCUT2D eigenvalue weighted by molar-refractivity contribution is -0.118. The maximum atomic E-state index is 13.9. The Bertz CT molecular complexity index is 1360. The second kappa shape index (κ2) is 12.0. The van der Waals surface area contributed by atoms with Crippen LogP contribution in [0, 0.1) is 0 Å². The average Bonchev–Trinajstić information content (AvgIpc) is 2.92. The lowest BCUT2D eigenvalue weighted by atomic mass is 9.86. The first-order valence-electron chi connectivity index (χ1n) is 13.2. The number of rotatable bonds is 9. The van der Waals surface area contributed by atoms with Crippen LogP contribution < -0.4 is 24.6 Å². The van der Waals surface area contributed by atoms with E-state index < -0.39 is 6.04 Å². The molecule has 0 bridgehead atoms. The molecule has 0 fully saturated rings. The molecule has 2 unspecified atom stereocenters. The Labute approximate surface area is 235 Å². The monoisotopic (exact) mass is 549 g/mol. The molecule has 8 heteroatoms. The smallest absolute Gasteiger partial charge is 0.232 e. The van der Waals surface area contributed by atoms with Crippen molar-refractivity contribution >= 4 is 40.5 Å². The highest BCUT2D eigenvalue weighted by molar-refractivity contribution is 6.31. The van der Waals surface area contributed by atoms with Gasteiger partial charge in [0.05, 0.1) is 25.7 Å². The molecular weight excluding hydrogens is 514 g/mol. The summed E-state index contributed by atoms with van der Waals surface area (Å²) in [5, 5.41) is 3.49. The van der Waals surface area contributed by atoms with Gasteiger partial charge in [0.1, 0.15) is 0 Å². The zero-order valence-corrected chi connectivity index (χ0v) is 24.1. The molecule has 2 atom stereocenters. The van der Waals surface area contributed by atoms with E-state index in [9.17, 15) is 9.59 Å². The molecule has 1 N–H and O–H groups in total. The molecular formula is C31H36ClN3O4. The molecule has 4 rings (SSSR count). The van der Waals surface area contributed by atoms with Crippen LogP contribution in [0.15, 0.2) is 54.6 Å². The van der Waals surface area contributed by atoms with Gasteiger partial charge in [-0.1, -0.05) is 31.5 Å². The van der Waals surface area contributed by atoms with Crippen molar-refractivity contribution in [3.05, 3.63) is 76.3 Å². The van der Waals surface area contributed by atoms with Crippen molar-refractivity contribution in [3.8, 4) is 11.5 Å². The van der Waals surface area contributed by atoms with Crippen molar-refractivity contribution < 1.29 is 19.1 Å². The second-order valence-corrected chi connectivity index (χ2v) is 10.4. The predicted octanol–water partition coefficient (Wildman–Crippen LogP) is 6.62. The predicted molar refractivity (Wildman–Crippen MR) is 158 cm³/mol. The Morgan fingerprint density at radius 1 is 1.08 bits per heavy atom. The Morgan fingerprint density at radius 2 is 1.79 bits per heavy atom. The molecule has 0 saturated carbocycles. The summed E-state index contributed by atoms with van der Waals surface area (Å²) >= 11 is 6.38. The van der Waals surface area contributed by atoms with Crippen molar-refractivity contribution in [2.45, 2.75) is 52.2 Å². The Kier molecular flexibility index (Phi) is 8.70. The summed E-state index contributed by atoms with van der Waals surface area (Å²) in [7, 11) is 5.55. The fourth-order valence-corrected chi connectivity index (χ4v) is 4.91. The lowest BCUT2D eigenvalue weighted by Crippen LogP contribution is -2.41. The first kappa shape index (κ1) is 28.3. The Morgan fingerprint density at radius 3 is 2.41 bits per heavy atom. The zero-order chi connectivity index (χ0) is 28.3. The maximum absolute atomic E-state index is 13.9. The molecule has 7 nitrogen and oxygen atoms in total. The van der Waals surface area contributed by atoms with Crippen molar-refractivity contribution in [2.75, 3.05) is 36.3 Å². The molecule has 1 heterocycles. The number of nitrogens with one attached hydrogen (secondary N) is 1. The number of amides is 2. The van der Waals surface area contributed by atoms with Crippen LogP contribution in [0.25, 0.3) is 0 Å². The van der Waals surface area contributed by atoms with E-state index in [-0.39, 0.29) is 24.3 Å². The van der Waals surface area contributed by atoms with E-state index in [0.29, 0.717) is 28.6 Å². The molecule has 1 aliphatic heterocycles. The molecule has 0 radical (unpaired) electrons. The second-order valence-electron chi connectivity index (χ2n) is 9.93. The summed E-state index contributed by atoms with van der Waals surface area (Å²) in [4.78, 5) is 30.2. The van der Waals surface area contributed by atoms with E-state index in [2.05, 4.69) is 12.2 Å². The number of fused-ring (bicyclic) bond motifs is 1. The van der Waals surface area contributed by atoms with Crippen LogP contribution >= 0.6 is 11.6 Å². The Hall–Kier alpha value is -3.71. The summed E-state index contributed by atoms with van der Waals surface area (Å²) in [5.74, 6) is 0.990. The van der Waals surface area contributed by atoms with Gasteiger partial charge in [-0.15, -0.1) is 0 Å². The largest absolute Gasteiger partial charge is 0.493 e. The van der Waals surface area contributed by atoms with Gasteiger partial charge in [-0.2, -0.15) is 0 Å². The quantitative estimate of drug-likeness (QED) is 0.325. The average molecular weight is 550 g/mol. The van der Waals surface area contributed by atoms with E-state index in [1.54, 1.807) is 31.1 Å². The first-order valence-corrected chi connectivity index (χ1v) is 13.6. The lowest BCUT2D eigenvalue weighted by Gasteiger charge is -2.39. The van der Waals surface area contributed by atoms with Crippen LogP contribution in [0.2, 0.25) is 5.02 Å². The third-order valence-electron chi connectivity index (χ3n) is 7.04. The molecule has 1 aliphatic rings. The summed E-state index contributed by atoms with van der Waals surface area (Å²) in [5.41, 5.74) is 4.85. The number of anilines is 3. The van der Waals surface area contributed by atoms with E-state index in [1.165, 1.54) is 0 Å². The minimum absolute atomic E-state index is 0.0229. The molecule has 0 aliphatic carbocycles. The highest BCUT2D eigenvalue weighted by Gasteiger charge is 2.37. The van der Waals surface area contributed by atoms with Gasteiger partial charge >= 0.3 is 0 Å².